The van der Waals surface area contributed by atoms with Gasteiger partial charge in [-0.1, -0.05) is 82.9 Å². The van der Waals surface area contributed by atoms with Gasteiger partial charge < -0.3 is 95.2 Å². The molecule has 3 aromatic rings. The second kappa shape index (κ2) is 42.3. The van der Waals surface area contributed by atoms with Gasteiger partial charge in [-0.15, -0.1) is 0 Å². The van der Waals surface area contributed by atoms with Gasteiger partial charge in [-0.05, 0) is 155 Å². The van der Waals surface area contributed by atoms with E-state index in [-0.39, 0.29) is 80.5 Å². The molecule has 24 nitrogen and oxygen atoms in total. The van der Waals surface area contributed by atoms with Crippen LogP contribution in [0.5, 0.6) is 34.5 Å². The molecule has 6 aliphatic heterocycles. The Labute approximate surface area is 597 Å². The van der Waals surface area contributed by atoms with E-state index in [9.17, 15) is 39.3 Å². The van der Waals surface area contributed by atoms with Crippen molar-refractivity contribution in [1.29, 1.82) is 0 Å². The van der Waals surface area contributed by atoms with Gasteiger partial charge in [0.1, 0.15) is 51.8 Å². The van der Waals surface area contributed by atoms with Crippen molar-refractivity contribution in [2.24, 2.45) is 5.73 Å². The van der Waals surface area contributed by atoms with E-state index in [2.05, 4.69) is 11.6 Å². The van der Waals surface area contributed by atoms with Crippen molar-refractivity contribution in [3.05, 3.63) is 71.3 Å². The summed E-state index contributed by atoms with van der Waals surface area (Å²) in [5.74, 6) is -5.45. The van der Waals surface area contributed by atoms with Crippen molar-refractivity contribution in [3.63, 3.8) is 0 Å². The molecule has 0 spiro atoms. The molecule has 3 saturated heterocycles. The van der Waals surface area contributed by atoms with Crippen LogP contribution in [0.1, 0.15) is 220 Å². The van der Waals surface area contributed by atoms with Crippen molar-refractivity contribution >= 4 is 40.6 Å². The maximum absolute atomic E-state index is 13.5. The molecule has 0 unspecified atom stereocenters. The fourth-order valence-electron chi connectivity index (χ4n) is 8.89. The molecule has 2 amide bonds. The third-order valence-electron chi connectivity index (χ3n) is 13.2. The molecule has 0 radical (unpaired) electrons. The van der Waals surface area contributed by atoms with Gasteiger partial charge in [0.2, 0.25) is 17.1 Å². The Bertz CT molecular complexity index is 4100. The first-order chi connectivity index (χ1) is 57.9. The molecular formula is C67H103ClN6O18. The van der Waals surface area contributed by atoms with Crippen LogP contribution in [0.4, 0.5) is 0 Å². The van der Waals surface area contributed by atoms with Crippen LogP contribution in [0.2, 0.25) is 0 Å². The molecule has 3 fully saturated rings. The van der Waals surface area contributed by atoms with E-state index < -0.39 is 182 Å². The summed E-state index contributed by atoms with van der Waals surface area (Å²) in [7, 11) is 0. The third-order valence-corrected chi connectivity index (χ3v) is 13.2. The number of hydrogen-bond donors (Lipinski definition) is 10. The molecule has 3 aromatic carbocycles. The van der Waals surface area contributed by atoms with Gasteiger partial charge >= 0.3 is 11.9 Å². The molecule has 6 heterocycles. The van der Waals surface area contributed by atoms with Crippen LogP contribution in [0.3, 0.4) is 0 Å². The summed E-state index contributed by atoms with van der Waals surface area (Å²) >= 11 is 4.64. The lowest BCUT2D eigenvalue weighted by Gasteiger charge is -2.29. The second-order valence-corrected chi connectivity index (χ2v) is 20.5. The van der Waals surface area contributed by atoms with Crippen LogP contribution in [-0.2, 0) is 24.0 Å². The normalized spacial score (nSPS) is 26.7. The number of carboxylic acid groups (broad SMARTS) is 2. The Balaban J connectivity index is 0.000000329. The number of carbonyl (C=O) groups excluding carboxylic acids is 3. The Hall–Kier alpha value is -6.06. The Morgan fingerprint density at radius 1 is 0.489 bits per heavy atom. The van der Waals surface area contributed by atoms with E-state index in [4.69, 9.17) is 104 Å². The Morgan fingerprint density at radius 3 is 1.10 bits per heavy atom. The van der Waals surface area contributed by atoms with Crippen LogP contribution in [0.15, 0.2) is 54.6 Å². The molecule has 0 aliphatic carbocycles. The number of ether oxygens (including phenoxy) is 6. The standard InChI is InChI=1S/2C23H36N2O4.C15H22N2O3.C4H6O6.C2H3ClO/c2*1-2-3-4-5-6-9-22(26)24-19(17-25-12-7-8-13-25)23(27)18-10-11-20-21(16-18)29-15-14-28-20;16-12(10-17-5-1-2-6-17)15(18)11-3-4-13-14(9-11)20-8-7-19-13;5-1(3(7)8)2(6)4(9)10;1-2(3)4/h2*10-11,16,19,23,27H,2-9,12-15,17H2,1H3,(H,24,26);3-4,9,12,15,18H,1-2,5-8,10,16H2;1-2,5-6H,(H,7,8)(H,9,10);1H3/t2*19-,23-;12-,15-;1-,2-;/m1111./s1/i2*1D3,2D2,3D2,4D2,5D2,6D2,9D2,17D2;10D2;;. The molecular weight excluding hydrogens is 1210 g/mol. The molecule has 0 saturated carbocycles. The summed E-state index contributed by atoms with van der Waals surface area (Å²) in [6, 6.07) is 8.08. The molecule has 516 valence electrons. The Kier molecular flexibility index (Phi) is 18.0. The SMILES string of the molecule is CC(=O)Cl.O=C(O)[C@H](O)[C@@H](O)C(=O)O.[2H]C([2H])([C@@H](N)[C@H](O)c1ccc2c(c1)OCCO2)N1CCCC1.[2H]C([2H])([C@@H](NC(=O)C([2H])([2H])C([2H])([2H])C([2H])([2H])C([2H])([2H])C([2H])([2H])C([2H])([2H])C([2H])([2H])[2H])[C@H](O)c1ccc2c(c1)OCCO2)N1CCCC1.[2H]C([2H])([C@@H](NC(=O)C([2H])([2H])C([2H])([2H])C([2H])([2H])C([2H])([2H])C([2H])([2H])C([2H])([2H])C([2H])([2H])[2H])[C@H](O)c1ccc2c(c1)OCCO2)N1CCCC1. The van der Waals surface area contributed by atoms with E-state index in [1.807, 2.05) is 10.6 Å². The number of benzene rings is 3. The van der Waals surface area contributed by atoms with Crippen LogP contribution >= 0.6 is 11.6 Å². The predicted molar refractivity (Wildman–Crippen MR) is 347 cm³/mol. The van der Waals surface area contributed by atoms with E-state index in [1.165, 1.54) is 53.1 Å². The lowest BCUT2D eigenvalue weighted by atomic mass is 10.0. The zero-order chi connectivity index (χ0) is 98.7. The number of rotatable bonds is 29. The molecule has 25 heteroatoms. The second-order valence-electron chi connectivity index (χ2n) is 20.0. The average Bonchev–Trinajstić information content (AvgIpc) is 0.938. The smallest absolute Gasteiger partial charge is 0.335 e. The molecule has 11 N–H and O–H groups in total. The lowest BCUT2D eigenvalue weighted by molar-refractivity contribution is -0.165. The van der Waals surface area contributed by atoms with E-state index in [0.29, 0.717) is 80.5 Å². The van der Waals surface area contributed by atoms with E-state index in [1.54, 1.807) is 23.1 Å². The summed E-state index contributed by atoms with van der Waals surface area (Å²) in [5.41, 5.74) is 6.54. The maximum atomic E-state index is 13.5. The number of likely N-dealkylation sites (tertiary alicyclic amines) is 3. The number of halogens is 1. The molecule has 0 bridgehead atoms. The van der Waals surface area contributed by atoms with Crippen LogP contribution in [0.25, 0.3) is 0 Å². The topological polar surface area (TPSA) is 342 Å². The Morgan fingerprint density at radius 2 is 0.783 bits per heavy atom. The first kappa shape index (κ1) is 39.1. The zero-order valence-electron chi connectivity index (χ0n) is 86.0. The van der Waals surface area contributed by atoms with Gasteiger partial charge in [0.15, 0.2) is 46.7 Å². The maximum Gasteiger partial charge on any atom is 0.335 e. The number of aliphatic carboxylic acids is 2. The van der Waals surface area contributed by atoms with E-state index in [0.717, 1.165) is 12.8 Å². The van der Waals surface area contributed by atoms with E-state index >= 15 is 0 Å². The number of nitrogens with two attached hydrogens (primary N) is 1. The number of hydrogen-bond acceptors (Lipinski definition) is 20. The van der Waals surface area contributed by atoms with Crippen molar-refractivity contribution in [2.75, 3.05) is 98.4 Å². The number of carboxylic acids is 2. The minimum absolute atomic E-state index is 0.0204. The number of aliphatic hydroxyl groups is 5. The molecule has 92 heavy (non-hydrogen) atoms. The number of fused-ring (bicyclic) bond motifs is 3. The highest BCUT2D eigenvalue weighted by Crippen LogP contribution is 2.36. The molecule has 8 atom stereocenters. The molecule has 9 rings (SSSR count). The summed E-state index contributed by atoms with van der Waals surface area (Å²) in [4.78, 5) is 60.0. The first-order valence-corrected chi connectivity index (χ1v) is 29.1. The fourth-order valence-corrected chi connectivity index (χ4v) is 8.89. The van der Waals surface area contributed by atoms with Crippen molar-refractivity contribution < 1.29 is 137 Å². The minimum Gasteiger partial charge on any atom is -0.486 e. The lowest BCUT2D eigenvalue weighted by Crippen LogP contribution is -2.46. The first-order valence-electron chi connectivity index (χ1n) is 46.7. The van der Waals surface area contributed by atoms with Gasteiger partial charge in [0.25, 0.3) is 0 Å². The zero-order valence-corrected chi connectivity index (χ0v) is 50.7. The van der Waals surface area contributed by atoms with Crippen LogP contribution in [0, 0.1) is 0 Å². The highest BCUT2D eigenvalue weighted by atomic mass is 35.5. The fraction of sp³-hybridized carbons (Fsp3) is 0.657. The monoisotopic (exact) mass is 1350 g/mol. The quantitative estimate of drug-likeness (QED) is 0.0335. The minimum atomic E-state index is -4.44. The van der Waals surface area contributed by atoms with Crippen molar-refractivity contribution in [2.45, 2.75) is 184 Å². The number of nitrogens with one attached hydrogen (secondary N) is 2. The third kappa shape index (κ3) is 27.5. The van der Waals surface area contributed by atoms with Crippen molar-refractivity contribution in [1.82, 2.24) is 25.3 Å². The number of nitrogens with zero attached hydrogens (tertiary/aromatic N) is 3. The van der Waals surface area contributed by atoms with Crippen LogP contribution in [-0.4, -0.2) is 208 Å². The number of amides is 2. The molecule has 6 aliphatic rings. The average molecular weight is 1350 g/mol. The summed E-state index contributed by atoms with van der Waals surface area (Å²) < 4.78 is 323. The van der Waals surface area contributed by atoms with Gasteiger partial charge in [-0.25, -0.2) is 9.59 Å². The van der Waals surface area contributed by atoms with Crippen LogP contribution < -0.4 is 44.8 Å². The number of carbonyl (C=O) groups is 5. The summed E-state index contributed by atoms with van der Waals surface area (Å²) in [5, 5.41) is 69.3. The van der Waals surface area contributed by atoms with Gasteiger partial charge in [0, 0.05) is 94.5 Å². The van der Waals surface area contributed by atoms with Gasteiger partial charge in [-0.2, -0.15) is 0 Å². The van der Waals surface area contributed by atoms with Crippen molar-refractivity contribution in [3.8, 4) is 34.5 Å². The highest BCUT2D eigenvalue weighted by Gasteiger charge is 2.32. The molecule has 0 aromatic heterocycles. The van der Waals surface area contributed by atoms with Gasteiger partial charge in [0.05, 0.1) is 18.2 Å². The number of aliphatic hydroxyl groups excluding tert-OH is 5. The predicted octanol–water partition coefficient (Wildman–Crippen LogP) is 6.43. The summed E-state index contributed by atoms with van der Waals surface area (Å²) in [6.45, 7) is -9.62. The summed E-state index contributed by atoms with van der Waals surface area (Å²) in [6.07, 6.45) is -57.1. The van der Waals surface area contributed by atoms with Gasteiger partial charge in [-0.3, -0.25) is 14.4 Å². The highest BCUT2D eigenvalue weighted by molar-refractivity contribution is 6.62. The largest absolute Gasteiger partial charge is 0.486 e.